The molecule has 1 rings (SSSR count). The lowest BCUT2D eigenvalue weighted by atomic mass is 9.89. The van der Waals surface area contributed by atoms with Gasteiger partial charge in [-0.15, -0.1) is 0 Å². The van der Waals surface area contributed by atoms with Gasteiger partial charge in [-0.2, -0.15) is 0 Å². The van der Waals surface area contributed by atoms with Crippen LogP contribution >= 0.6 is 0 Å². The number of rotatable bonds is 1. The summed E-state index contributed by atoms with van der Waals surface area (Å²) >= 11 is 0. The molecule has 98 valence electrons. The molecule has 1 aliphatic heterocycles. The van der Waals surface area contributed by atoms with E-state index in [0.717, 1.165) is 4.90 Å². The fraction of sp³-hybridized carbons (Fsp3) is 0.833. The molecule has 0 unspecified atom stereocenters. The molecule has 0 aromatic heterocycles. The molecule has 5 heteroatoms. The second kappa shape index (κ2) is 4.29. The molecule has 1 fully saturated rings. The van der Waals surface area contributed by atoms with Crippen molar-refractivity contribution in [2.24, 2.45) is 5.92 Å². The minimum Gasteiger partial charge on any atom is -0.443 e. The second-order valence-electron chi connectivity index (χ2n) is 5.83. The van der Waals surface area contributed by atoms with E-state index in [1.54, 1.807) is 27.7 Å². The molecule has 0 bridgehead atoms. The molecule has 1 N–H and O–H groups in total. The first kappa shape index (κ1) is 14.0. The molecule has 1 aliphatic rings. The fourth-order valence-electron chi connectivity index (χ4n) is 1.92. The normalized spacial score (nSPS) is 29.6. The number of amides is 2. The summed E-state index contributed by atoms with van der Waals surface area (Å²) in [6.45, 7) is 8.52. The number of hydrogen-bond acceptors (Lipinski definition) is 4. The van der Waals surface area contributed by atoms with Crippen molar-refractivity contribution in [1.29, 1.82) is 0 Å². The van der Waals surface area contributed by atoms with Gasteiger partial charge in [-0.1, -0.05) is 6.92 Å². The minimum absolute atomic E-state index is 0.0764. The summed E-state index contributed by atoms with van der Waals surface area (Å²) in [6, 6.07) is 0. The van der Waals surface area contributed by atoms with E-state index in [4.69, 9.17) is 4.74 Å². The van der Waals surface area contributed by atoms with E-state index in [2.05, 4.69) is 0 Å². The van der Waals surface area contributed by atoms with Crippen LogP contribution in [0.25, 0.3) is 0 Å². The average Bonchev–Trinajstić information content (AvgIpc) is 2.35. The Morgan fingerprint density at radius 3 is 2.53 bits per heavy atom. The highest BCUT2D eigenvalue weighted by Crippen LogP contribution is 2.36. The molecule has 2 amide bonds. The summed E-state index contributed by atoms with van der Waals surface area (Å²) < 4.78 is 5.19. The van der Waals surface area contributed by atoms with Crippen molar-refractivity contribution in [3.63, 3.8) is 0 Å². The van der Waals surface area contributed by atoms with Crippen LogP contribution in [0.4, 0.5) is 4.79 Å². The van der Waals surface area contributed by atoms with Crippen molar-refractivity contribution >= 4 is 12.0 Å². The van der Waals surface area contributed by atoms with E-state index in [0.29, 0.717) is 0 Å². The van der Waals surface area contributed by atoms with Crippen LogP contribution in [0, 0.1) is 5.92 Å². The SMILES string of the molecule is C[C@H]1CC(=O)N(C(=O)OC(C)(C)C)[C@]1(C)CO. The molecule has 2 atom stereocenters. The quantitative estimate of drug-likeness (QED) is 0.758. The molecule has 0 radical (unpaired) electrons. The maximum absolute atomic E-state index is 12.0. The topological polar surface area (TPSA) is 66.8 Å². The minimum atomic E-state index is -0.862. The van der Waals surface area contributed by atoms with E-state index in [1.807, 2.05) is 6.92 Å². The second-order valence-corrected chi connectivity index (χ2v) is 5.83. The van der Waals surface area contributed by atoms with Gasteiger partial charge in [-0.05, 0) is 33.6 Å². The number of imide groups is 1. The summed E-state index contributed by atoms with van der Waals surface area (Å²) in [5, 5.41) is 9.43. The van der Waals surface area contributed by atoms with Crippen LogP contribution in [0.5, 0.6) is 0 Å². The van der Waals surface area contributed by atoms with Crippen molar-refractivity contribution in [2.75, 3.05) is 6.61 Å². The Kier molecular flexibility index (Phi) is 3.52. The summed E-state index contributed by atoms with van der Waals surface area (Å²) in [4.78, 5) is 24.8. The third kappa shape index (κ3) is 2.60. The molecule has 17 heavy (non-hydrogen) atoms. The zero-order valence-electron chi connectivity index (χ0n) is 11.1. The van der Waals surface area contributed by atoms with Crippen LogP contribution in [0.2, 0.25) is 0 Å². The number of nitrogens with zero attached hydrogens (tertiary/aromatic N) is 1. The Morgan fingerprint density at radius 2 is 2.12 bits per heavy atom. The van der Waals surface area contributed by atoms with Gasteiger partial charge in [0.1, 0.15) is 5.60 Å². The Balaban J connectivity index is 2.95. The van der Waals surface area contributed by atoms with E-state index in [1.165, 1.54) is 0 Å². The number of ether oxygens (including phenoxy) is 1. The molecule has 0 aromatic rings. The zero-order chi connectivity index (χ0) is 13.4. The maximum Gasteiger partial charge on any atom is 0.417 e. The van der Waals surface area contributed by atoms with Crippen molar-refractivity contribution < 1.29 is 19.4 Å². The van der Waals surface area contributed by atoms with E-state index in [9.17, 15) is 14.7 Å². The molecule has 0 aromatic carbocycles. The molecular formula is C12H21NO4. The van der Waals surface area contributed by atoms with Gasteiger partial charge < -0.3 is 9.84 Å². The predicted molar refractivity (Wildman–Crippen MR) is 62.4 cm³/mol. The van der Waals surface area contributed by atoms with Crippen LogP contribution in [0.1, 0.15) is 41.0 Å². The fourth-order valence-corrected chi connectivity index (χ4v) is 1.92. The lowest BCUT2D eigenvalue weighted by Gasteiger charge is -2.35. The van der Waals surface area contributed by atoms with Gasteiger partial charge in [0.2, 0.25) is 5.91 Å². The van der Waals surface area contributed by atoms with Crippen LogP contribution in [-0.4, -0.2) is 39.8 Å². The van der Waals surface area contributed by atoms with E-state index < -0.39 is 17.2 Å². The van der Waals surface area contributed by atoms with Crippen molar-refractivity contribution in [3.05, 3.63) is 0 Å². The molecular weight excluding hydrogens is 222 g/mol. The smallest absolute Gasteiger partial charge is 0.417 e. The monoisotopic (exact) mass is 243 g/mol. The summed E-state index contributed by atoms with van der Waals surface area (Å²) in [5.74, 6) is -0.365. The summed E-state index contributed by atoms with van der Waals surface area (Å²) in [6.07, 6.45) is -0.417. The Hall–Kier alpha value is -1.10. The summed E-state index contributed by atoms with van der Waals surface area (Å²) in [5.41, 5.74) is -1.51. The zero-order valence-corrected chi connectivity index (χ0v) is 11.1. The molecule has 0 aliphatic carbocycles. The van der Waals surface area contributed by atoms with Gasteiger partial charge in [0.05, 0.1) is 12.1 Å². The number of aliphatic hydroxyl groups is 1. The summed E-state index contributed by atoms with van der Waals surface area (Å²) in [7, 11) is 0. The van der Waals surface area contributed by atoms with Gasteiger partial charge in [0.15, 0.2) is 0 Å². The lowest BCUT2D eigenvalue weighted by Crippen LogP contribution is -2.53. The van der Waals surface area contributed by atoms with Crippen LogP contribution < -0.4 is 0 Å². The molecule has 0 saturated carbocycles. The highest BCUT2D eigenvalue weighted by Gasteiger charge is 2.51. The number of aliphatic hydroxyl groups excluding tert-OH is 1. The van der Waals surface area contributed by atoms with Crippen LogP contribution in [0.15, 0.2) is 0 Å². The first-order valence-corrected chi connectivity index (χ1v) is 5.78. The number of hydrogen-bond donors (Lipinski definition) is 1. The van der Waals surface area contributed by atoms with Gasteiger partial charge in [-0.3, -0.25) is 4.79 Å². The van der Waals surface area contributed by atoms with Gasteiger partial charge >= 0.3 is 6.09 Å². The van der Waals surface area contributed by atoms with Crippen molar-refractivity contribution in [3.8, 4) is 0 Å². The molecule has 1 saturated heterocycles. The van der Waals surface area contributed by atoms with Gasteiger partial charge in [-0.25, -0.2) is 9.69 Å². The van der Waals surface area contributed by atoms with Crippen molar-refractivity contribution in [2.45, 2.75) is 52.2 Å². The van der Waals surface area contributed by atoms with E-state index >= 15 is 0 Å². The number of carbonyl (C=O) groups is 2. The highest BCUT2D eigenvalue weighted by atomic mass is 16.6. The predicted octanol–water partition coefficient (Wildman–Crippen LogP) is 1.54. The highest BCUT2D eigenvalue weighted by molar-refractivity contribution is 5.95. The Labute approximate surface area is 102 Å². The van der Waals surface area contributed by atoms with E-state index in [-0.39, 0.29) is 24.9 Å². The third-order valence-electron chi connectivity index (χ3n) is 3.20. The number of likely N-dealkylation sites (tertiary alicyclic amines) is 1. The Morgan fingerprint density at radius 1 is 1.59 bits per heavy atom. The first-order valence-electron chi connectivity index (χ1n) is 5.78. The maximum atomic E-state index is 12.0. The average molecular weight is 243 g/mol. The molecule has 5 nitrogen and oxygen atoms in total. The lowest BCUT2D eigenvalue weighted by molar-refractivity contribution is -0.130. The number of carbonyl (C=O) groups excluding carboxylic acids is 2. The van der Waals surface area contributed by atoms with Gasteiger partial charge in [0, 0.05) is 6.42 Å². The van der Waals surface area contributed by atoms with Crippen molar-refractivity contribution in [1.82, 2.24) is 4.90 Å². The van der Waals surface area contributed by atoms with Crippen LogP contribution in [-0.2, 0) is 9.53 Å². The third-order valence-corrected chi connectivity index (χ3v) is 3.20. The largest absolute Gasteiger partial charge is 0.443 e. The first-order chi connectivity index (χ1) is 7.62. The standard InChI is InChI=1S/C12H21NO4/c1-8-6-9(15)13(12(8,5)7-14)10(16)17-11(2,3)4/h8,14H,6-7H2,1-5H3/t8-,12+/m0/s1. The van der Waals surface area contributed by atoms with Gasteiger partial charge in [0.25, 0.3) is 0 Å². The molecule has 0 spiro atoms. The van der Waals surface area contributed by atoms with Crippen LogP contribution in [0.3, 0.4) is 0 Å². The Bertz CT molecular complexity index is 334. The molecule has 1 heterocycles.